The van der Waals surface area contributed by atoms with Crippen molar-refractivity contribution >= 4 is 11.7 Å². The predicted octanol–water partition coefficient (Wildman–Crippen LogP) is 1.99. The third-order valence-electron chi connectivity index (χ3n) is 2.93. The van der Waals surface area contributed by atoms with Crippen LogP contribution in [0.3, 0.4) is 0 Å². The van der Waals surface area contributed by atoms with Crippen LogP contribution >= 0.6 is 0 Å². The summed E-state index contributed by atoms with van der Waals surface area (Å²) in [7, 11) is 1.20. The summed E-state index contributed by atoms with van der Waals surface area (Å²) in [5.74, 6) is -1.14. The number of fused-ring (bicyclic) bond motifs is 3. The van der Waals surface area contributed by atoms with E-state index in [1.165, 1.54) is 7.11 Å². The summed E-state index contributed by atoms with van der Waals surface area (Å²) in [6.45, 7) is 2.07. The van der Waals surface area contributed by atoms with E-state index in [1.54, 1.807) is 0 Å². The van der Waals surface area contributed by atoms with Gasteiger partial charge < -0.3 is 24.3 Å². The van der Waals surface area contributed by atoms with E-state index in [-0.39, 0.29) is 41.1 Å². The van der Waals surface area contributed by atoms with Gasteiger partial charge in [0.25, 0.3) is 0 Å². The normalized spacial score (nSPS) is 21.5. The number of hydrogen-bond acceptors (Lipinski definition) is 6. The zero-order valence-corrected chi connectivity index (χ0v) is 10.7. The molecule has 2 aliphatic rings. The Hall–Kier alpha value is -2.25. The maximum atomic E-state index is 13.2. The lowest BCUT2D eigenvalue weighted by Gasteiger charge is -2.26. The fraction of sp³-hybridized carbons (Fsp3) is 0.417. The summed E-state index contributed by atoms with van der Waals surface area (Å²) < 4.78 is 45.1. The van der Waals surface area contributed by atoms with Crippen molar-refractivity contribution in [2.24, 2.45) is 0 Å². The van der Waals surface area contributed by atoms with Crippen LogP contribution in [0.1, 0.15) is 17.3 Å². The number of hydrogen-bond donors (Lipinski definition) is 1. The van der Waals surface area contributed by atoms with Gasteiger partial charge in [-0.1, -0.05) is 0 Å². The summed E-state index contributed by atoms with van der Waals surface area (Å²) in [6.07, 6.45) is -3.78. The minimum absolute atomic E-state index is 0.0261. The Morgan fingerprint density at radius 2 is 2.20 bits per heavy atom. The smallest absolute Gasteiger partial charge is 0.485 e. The van der Waals surface area contributed by atoms with Gasteiger partial charge in [0.15, 0.2) is 11.5 Å². The fourth-order valence-electron chi connectivity index (χ4n) is 2.11. The van der Waals surface area contributed by atoms with E-state index in [9.17, 15) is 13.6 Å². The lowest BCUT2D eigenvalue weighted by Crippen LogP contribution is -2.30. The number of halogens is 2. The number of alkyl halides is 2. The molecule has 0 spiro atoms. The Morgan fingerprint density at radius 3 is 2.90 bits per heavy atom. The summed E-state index contributed by atoms with van der Waals surface area (Å²) >= 11 is 0. The monoisotopic (exact) mass is 287 g/mol. The Bertz CT molecular complexity index is 590. The molecule has 0 saturated carbocycles. The number of rotatable bonds is 1. The second-order valence-electron chi connectivity index (χ2n) is 4.47. The van der Waals surface area contributed by atoms with Gasteiger partial charge >= 0.3 is 12.3 Å². The molecule has 0 aliphatic carbocycles. The van der Waals surface area contributed by atoms with Crippen molar-refractivity contribution in [3.05, 3.63) is 11.6 Å². The van der Waals surface area contributed by atoms with Crippen LogP contribution in [0.4, 0.5) is 14.5 Å². The maximum Gasteiger partial charge on any atom is 0.586 e. The van der Waals surface area contributed by atoms with Crippen molar-refractivity contribution in [1.82, 2.24) is 0 Å². The first-order chi connectivity index (χ1) is 9.41. The maximum absolute atomic E-state index is 13.2. The number of nitrogens with one attached hydrogen (secondary N) is 1. The van der Waals surface area contributed by atoms with E-state index in [4.69, 9.17) is 4.74 Å². The topological polar surface area (TPSA) is 66.0 Å². The Kier molecular flexibility index (Phi) is 2.63. The van der Waals surface area contributed by atoms with Crippen molar-refractivity contribution < 1.29 is 32.5 Å². The van der Waals surface area contributed by atoms with Crippen LogP contribution in [0.5, 0.6) is 17.2 Å². The SMILES string of the molecule is COC(=O)c1cc2c(c3c1NC(C)CO3)OC(F)(F)O2. The minimum atomic E-state index is -3.78. The second kappa shape index (κ2) is 4.12. The number of benzene rings is 1. The Morgan fingerprint density at radius 1 is 1.45 bits per heavy atom. The van der Waals surface area contributed by atoms with Crippen LogP contribution in [-0.4, -0.2) is 32.0 Å². The molecule has 0 radical (unpaired) electrons. The standard InChI is InChI=1S/C12H11F2NO5/c1-5-4-18-10-8(15-5)6(11(16)17-2)3-7-9(10)20-12(13,14)19-7/h3,5,15H,4H2,1-2H3. The summed E-state index contributed by atoms with van der Waals surface area (Å²) in [4.78, 5) is 11.8. The van der Waals surface area contributed by atoms with Crippen molar-refractivity contribution in [2.45, 2.75) is 19.3 Å². The highest BCUT2D eigenvalue weighted by molar-refractivity contribution is 5.99. The number of methoxy groups -OCH3 is 1. The molecule has 1 aromatic carbocycles. The molecule has 2 aliphatic heterocycles. The summed E-state index contributed by atoms with van der Waals surface area (Å²) in [5.41, 5.74) is 0.310. The van der Waals surface area contributed by atoms with E-state index in [1.807, 2.05) is 6.92 Å². The van der Waals surface area contributed by atoms with E-state index < -0.39 is 12.3 Å². The van der Waals surface area contributed by atoms with Crippen LogP contribution < -0.4 is 19.5 Å². The molecule has 1 N–H and O–H groups in total. The average Bonchev–Trinajstić information content (AvgIpc) is 2.70. The third kappa shape index (κ3) is 1.87. The first-order valence-corrected chi connectivity index (χ1v) is 5.86. The first kappa shape index (κ1) is 12.8. The zero-order valence-electron chi connectivity index (χ0n) is 10.7. The number of carbonyl (C=O) groups excluding carboxylic acids is 1. The number of esters is 1. The molecule has 8 heteroatoms. The Balaban J connectivity index is 2.17. The highest BCUT2D eigenvalue weighted by Gasteiger charge is 2.47. The van der Waals surface area contributed by atoms with Gasteiger partial charge in [-0.2, -0.15) is 0 Å². The van der Waals surface area contributed by atoms with Crippen molar-refractivity contribution in [2.75, 3.05) is 19.0 Å². The molecule has 0 saturated heterocycles. The molecule has 1 unspecified atom stereocenters. The summed E-state index contributed by atoms with van der Waals surface area (Å²) in [5, 5.41) is 2.99. The van der Waals surface area contributed by atoms with Gasteiger partial charge in [0.1, 0.15) is 6.61 Å². The molecule has 3 rings (SSSR count). The van der Waals surface area contributed by atoms with Gasteiger partial charge in [-0.3, -0.25) is 0 Å². The van der Waals surface area contributed by atoms with E-state index >= 15 is 0 Å². The predicted molar refractivity (Wildman–Crippen MR) is 62.6 cm³/mol. The van der Waals surface area contributed by atoms with E-state index in [2.05, 4.69) is 19.5 Å². The fourth-order valence-corrected chi connectivity index (χ4v) is 2.11. The van der Waals surface area contributed by atoms with E-state index in [0.717, 1.165) is 6.07 Å². The number of carbonyl (C=O) groups is 1. The van der Waals surface area contributed by atoms with Crippen LogP contribution in [-0.2, 0) is 4.74 Å². The lowest BCUT2D eigenvalue weighted by molar-refractivity contribution is -0.287. The molecule has 0 aromatic heterocycles. The third-order valence-corrected chi connectivity index (χ3v) is 2.93. The molecule has 1 atom stereocenters. The molecule has 0 fully saturated rings. The van der Waals surface area contributed by atoms with Gasteiger partial charge in [0.2, 0.25) is 5.75 Å². The lowest BCUT2D eigenvalue weighted by atomic mass is 10.1. The van der Waals surface area contributed by atoms with Crippen LogP contribution in [0.2, 0.25) is 0 Å². The summed E-state index contributed by atoms with van der Waals surface area (Å²) in [6, 6.07) is 1.06. The molecule has 0 amide bonds. The largest absolute Gasteiger partial charge is 0.586 e. The molecule has 108 valence electrons. The molecule has 1 aromatic rings. The molecule has 0 bridgehead atoms. The van der Waals surface area contributed by atoms with Crippen LogP contribution in [0.15, 0.2) is 6.07 Å². The average molecular weight is 287 g/mol. The van der Waals surface area contributed by atoms with Crippen molar-refractivity contribution in [1.29, 1.82) is 0 Å². The second-order valence-corrected chi connectivity index (χ2v) is 4.47. The van der Waals surface area contributed by atoms with Gasteiger partial charge in [-0.05, 0) is 6.92 Å². The van der Waals surface area contributed by atoms with Crippen LogP contribution in [0.25, 0.3) is 0 Å². The van der Waals surface area contributed by atoms with E-state index in [0.29, 0.717) is 0 Å². The number of ether oxygens (including phenoxy) is 4. The minimum Gasteiger partial charge on any atom is -0.485 e. The van der Waals surface area contributed by atoms with Gasteiger partial charge in [0.05, 0.1) is 24.4 Å². The molecule has 2 heterocycles. The molecule has 20 heavy (non-hydrogen) atoms. The van der Waals surface area contributed by atoms with Crippen molar-refractivity contribution in [3.63, 3.8) is 0 Å². The quantitative estimate of drug-likeness (QED) is 0.797. The molecular weight excluding hydrogens is 276 g/mol. The highest BCUT2D eigenvalue weighted by atomic mass is 19.3. The van der Waals surface area contributed by atoms with Gasteiger partial charge in [-0.25, -0.2) is 4.79 Å². The molecular formula is C12H11F2NO5. The van der Waals surface area contributed by atoms with Crippen LogP contribution in [0, 0.1) is 0 Å². The first-order valence-electron chi connectivity index (χ1n) is 5.86. The highest BCUT2D eigenvalue weighted by Crippen LogP contribution is 2.53. The van der Waals surface area contributed by atoms with Crippen molar-refractivity contribution in [3.8, 4) is 17.2 Å². The number of anilines is 1. The zero-order chi connectivity index (χ0) is 14.5. The molecule has 6 nitrogen and oxygen atoms in total. The van der Waals surface area contributed by atoms with Gasteiger partial charge in [0, 0.05) is 6.07 Å². The Labute approximate surface area is 112 Å². The van der Waals surface area contributed by atoms with Gasteiger partial charge in [-0.15, -0.1) is 8.78 Å².